The molecule has 1 N–H and O–H groups in total. The number of carbonyl (C=O) groups excluding carboxylic acids is 3. The second-order valence-corrected chi connectivity index (χ2v) is 11.5. The van der Waals surface area contributed by atoms with Crippen molar-refractivity contribution in [3.63, 3.8) is 0 Å². The molecule has 1 unspecified atom stereocenters. The van der Waals surface area contributed by atoms with Crippen molar-refractivity contribution in [3.05, 3.63) is 11.6 Å². The van der Waals surface area contributed by atoms with E-state index in [4.69, 9.17) is 11.2 Å². The van der Waals surface area contributed by atoms with Crippen LogP contribution < -0.4 is 5.32 Å². The molecule has 1 rings (SSSR count). The first kappa shape index (κ1) is 30.7. The molecule has 0 radical (unpaired) electrons. The van der Waals surface area contributed by atoms with Gasteiger partial charge >= 0.3 is 5.97 Å². The van der Waals surface area contributed by atoms with Crippen LogP contribution in [0.25, 0.3) is 0 Å². The van der Waals surface area contributed by atoms with Crippen molar-refractivity contribution < 1.29 is 19.1 Å². The predicted octanol–water partition coefficient (Wildman–Crippen LogP) is 3.78. The number of hydrogen-bond acceptors (Lipinski definition) is 5. The number of likely N-dealkylation sites (tertiary alicyclic amines) is 1. The molecule has 7 nitrogen and oxygen atoms in total. The maximum absolute atomic E-state index is 13.8. The van der Waals surface area contributed by atoms with Crippen molar-refractivity contribution in [2.24, 2.45) is 11.3 Å². The molecule has 198 valence electrons. The lowest BCUT2D eigenvalue weighted by molar-refractivity contribution is -0.142. The topological polar surface area (TPSA) is 79.0 Å². The standard InChI is InChI=1S/C28H47N3O4/c1-12-28(9,10)31-17-15-14-16-21(31)24(32)29-23(27(6,7)8)25(33)30(11)22(19(3)4)18-20(5)26(34)35-13-2/h1,18-19,21-23H,13-17H2,2-11H3,(H,29,32)/b20-18+/t21?,22-,23-/m1/s1. The van der Waals surface area contributed by atoms with Crippen LogP contribution in [0.15, 0.2) is 11.6 Å². The molecule has 0 aromatic heterocycles. The van der Waals surface area contributed by atoms with Gasteiger partial charge in [0.15, 0.2) is 0 Å². The second kappa shape index (κ2) is 12.6. The molecule has 0 bridgehead atoms. The zero-order valence-electron chi connectivity index (χ0n) is 23.5. The number of likely N-dealkylation sites (N-methyl/N-ethyl adjacent to an activating group) is 1. The molecule has 0 saturated carbocycles. The smallest absolute Gasteiger partial charge is 0.333 e. The molecule has 7 heteroatoms. The van der Waals surface area contributed by atoms with Crippen molar-refractivity contribution in [2.75, 3.05) is 20.2 Å². The van der Waals surface area contributed by atoms with Gasteiger partial charge < -0.3 is 15.0 Å². The van der Waals surface area contributed by atoms with Crippen LogP contribution in [0.5, 0.6) is 0 Å². The fraction of sp³-hybridized carbons (Fsp3) is 0.750. The van der Waals surface area contributed by atoms with E-state index in [1.54, 1.807) is 31.9 Å². The average molecular weight is 490 g/mol. The Bertz CT molecular complexity index is 832. The highest BCUT2D eigenvalue weighted by molar-refractivity contribution is 5.91. The van der Waals surface area contributed by atoms with Crippen LogP contribution in [0.4, 0.5) is 0 Å². The molecule has 0 spiro atoms. The van der Waals surface area contributed by atoms with Crippen LogP contribution in [0, 0.1) is 23.7 Å². The monoisotopic (exact) mass is 489 g/mol. The van der Waals surface area contributed by atoms with Crippen molar-refractivity contribution >= 4 is 17.8 Å². The number of nitrogens with zero attached hydrogens (tertiary/aromatic N) is 2. The number of amides is 2. The van der Waals surface area contributed by atoms with E-state index in [0.717, 1.165) is 19.4 Å². The van der Waals surface area contributed by atoms with Gasteiger partial charge in [0.1, 0.15) is 6.04 Å². The highest BCUT2D eigenvalue weighted by Crippen LogP contribution is 2.28. The molecule has 1 fully saturated rings. The Hall–Kier alpha value is -2.33. The van der Waals surface area contributed by atoms with E-state index >= 15 is 0 Å². The highest BCUT2D eigenvalue weighted by atomic mass is 16.5. The third-order valence-corrected chi connectivity index (χ3v) is 6.77. The Morgan fingerprint density at radius 1 is 1.20 bits per heavy atom. The lowest BCUT2D eigenvalue weighted by Gasteiger charge is -2.44. The Labute approximate surface area is 213 Å². The Kier molecular flexibility index (Phi) is 11.0. The molecule has 0 aromatic rings. The summed E-state index contributed by atoms with van der Waals surface area (Å²) in [5.41, 5.74) is -0.627. The number of terminal acetylenes is 1. The van der Waals surface area contributed by atoms with E-state index in [1.165, 1.54) is 0 Å². The molecule has 1 aliphatic heterocycles. The van der Waals surface area contributed by atoms with E-state index in [0.29, 0.717) is 12.0 Å². The summed E-state index contributed by atoms with van der Waals surface area (Å²) in [5.74, 6) is 2.10. The summed E-state index contributed by atoms with van der Waals surface area (Å²) in [6, 6.07) is -1.46. The van der Waals surface area contributed by atoms with Gasteiger partial charge in [0.2, 0.25) is 11.8 Å². The zero-order chi connectivity index (χ0) is 27.1. The number of carbonyl (C=O) groups is 3. The Morgan fingerprint density at radius 2 is 1.80 bits per heavy atom. The van der Waals surface area contributed by atoms with Crippen LogP contribution >= 0.6 is 0 Å². The second-order valence-electron chi connectivity index (χ2n) is 11.5. The summed E-state index contributed by atoms with van der Waals surface area (Å²) < 4.78 is 5.11. The van der Waals surface area contributed by atoms with Gasteiger partial charge in [-0.15, -0.1) is 6.42 Å². The molecule has 1 heterocycles. The zero-order valence-corrected chi connectivity index (χ0v) is 23.5. The third kappa shape index (κ3) is 8.10. The van der Waals surface area contributed by atoms with E-state index in [9.17, 15) is 14.4 Å². The first-order valence-corrected chi connectivity index (χ1v) is 12.8. The fourth-order valence-electron chi connectivity index (χ4n) is 4.51. The molecule has 1 saturated heterocycles. The molecule has 0 aromatic carbocycles. The highest BCUT2D eigenvalue weighted by Gasteiger charge is 2.41. The summed E-state index contributed by atoms with van der Waals surface area (Å²) in [6.45, 7) is 18.2. The fourth-order valence-corrected chi connectivity index (χ4v) is 4.51. The summed E-state index contributed by atoms with van der Waals surface area (Å²) in [5, 5.41) is 3.07. The summed E-state index contributed by atoms with van der Waals surface area (Å²) in [4.78, 5) is 43.2. The van der Waals surface area contributed by atoms with E-state index in [-0.39, 0.29) is 36.4 Å². The van der Waals surface area contributed by atoms with Crippen LogP contribution in [-0.2, 0) is 19.1 Å². The van der Waals surface area contributed by atoms with Crippen LogP contribution in [0.3, 0.4) is 0 Å². The van der Waals surface area contributed by atoms with Crippen LogP contribution in [0.2, 0.25) is 0 Å². The van der Waals surface area contributed by atoms with Gasteiger partial charge in [0, 0.05) is 19.2 Å². The number of nitrogens with one attached hydrogen (secondary N) is 1. The summed E-state index contributed by atoms with van der Waals surface area (Å²) in [6.07, 6.45) is 10.2. The van der Waals surface area contributed by atoms with E-state index in [1.807, 2.05) is 48.5 Å². The number of rotatable bonds is 9. The quantitative estimate of drug-likeness (QED) is 0.303. The lowest BCUT2D eigenvalue weighted by atomic mass is 9.84. The molecule has 35 heavy (non-hydrogen) atoms. The van der Waals surface area contributed by atoms with Crippen molar-refractivity contribution in [2.45, 2.75) is 105 Å². The van der Waals surface area contributed by atoms with Crippen molar-refractivity contribution in [1.82, 2.24) is 15.1 Å². The molecular weight excluding hydrogens is 442 g/mol. The normalized spacial score (nSPS) is 19.5. The number of hydrogen-bond donors (Lipinski definition) is 1. The first-order chi connectivity index (χ1) is 16.1. The Balaban J connectivity index is 3.23. The average Bonchev–Trinajstić information content (AvgIpc) is 2.78. The van der Waals surface area contributed by atoms with Crippen LogP contribution in [-0.4, -0.2) is 71.4 Å². The lowest BCUT2D eigenvalue weighted by Crippen LogP contribution is -2.62. The SMILES string of the molecule is C#CC(C)(C)N1CCCCC1C(=O)N[C@H](C(=O)N(C)[C@H](/C=C(\C)C(=O)OCC)C(C)C)C(C)(C)C. The van der Waals surface area contributed by atoms with Crippen molar-refractivity contribution in [1.29, 1.82) is 0 Å². The number of piperidine rings is 1. The summed E-state index contributed by atoms with van der Waals surface area (Å²) >= 11 is 0. The van der Waals surface area contributed by atoms with Gasteiger partial charge in [-0.3, -0.25) is 14.5 Å². The minimum Gasteiger partial charge on any atom is -0.463 e. The van der Waals surface area contributed by atoms with Crippen LogP contribution in [0.1, 0.15) is 81.6 Å². The van der Waals surface area contributed by atoms with E-state index < -0.39 is 23.0 Å². The maximum atomic E-state index is 13.8. The molecular formula is C28H47N3O4. The molecule has 1 aliphatic rings. The molecule has 3 atom stereocenters. The van der Waals surface area contributed by atoms with Crippen molar-refractivity contribution in [3.8, 4) is 12.3 Å². The minimum absolute atomic E-state index is 0.0508. The Morgan fingerprint density at radius 3 is 2.29 bits per heavy atom. The third-order valence-electron chi connectivity index (χ3n) is 6.77. The van der Waals surface area contributed by atoms with Gasteiger partial charge in [0.25, 0.3) is 0 Å². The van der Waals surface area contributed by atoms with Gasteiger partial charge in [0.05, 0.1) is 24.2 Å². The van der Waals surface area contributed by atoms with Gasteiger partial charge in [-0.25, -0.2) is 4.79 Å². The summed E-state index contributed by atoms with van der Waals surface area (Å²) in [7, 11) is 1.72. The predicted molar refractivity (Wildman–Crippen MR) is 140 cm³/mol. The largest absolute Gasteiger partial charge is 0.463 e. The number of esters is 1. The first-order valence-electron chi connectivity index (χ1n) is 12.8. The van der Waals surface area contributed by atoms with Gasteiger partial charge in [-0.1, -0.05) is 53.0 Å². The van der Waals surface area contributed by atoms with Gasteiger partial charge in [-0.2, -0.15) is 0 Å². The molecule has 2 amide bonds. The van der Waals surface area contributed by atoms with E-state index in [2.05, 4.69) is 16.1 Å². The number of ether oxygens (including phenoxy) is 1. The minimum atomic E-state index is -0.740. The maximum Gasteiger partial charge on any atom is 0.333 e. The van der Waals surface area contributed by atoms with Gasteiger partial charge in [-0.05, 0) is 51.9 Å². The molecule has 0 aliphatic carbocycles.